The second kappa shape index (κ2) is 10.4. The molecule has 0 fully saturated rings. The van der Waals surface area contributed by atoms with E-state index >= 15 is 0 Å². The van der Waals surface area contributed by atoms with Gasteiger partial charge in [-0.1, -0.05) is 35.5 Å². The average Bonchev–Trinajstić information content (AvgIpc) is 2.54. The smallest absolute Gasteiger partial charge is 0.367 e. The summed E-state index contributed by atoms with van der Waals surface area (Å²) in [4.78, 5) is 12.4. The molecule has 4 heteroatoms. The molecule has 4 nitrogen and oxygen atoms in total. The van der Waals surface area contributed by atoms with Gasteiger partial charge < -0.3 is 14.2 Å². The van der Waals surface area contributed by atoms with Crippen LogP contribution in [-0.2, 0) is 19.0 Å². The minimum Gasteiger partial charge on any atom is -0.461 e. The van der Waals surface area contributed by atoms with Crippen LogP contribution in [0.4, 0.5) is 0 Å². The molecule has 0 unspecified atom stereocenters. The Hall–Kier alpha value is -1.39. The lowest BCUT2D eigenvalue weighted by Crippen LogP contribution is -2.44. The second-order valence-electron chi connectivity index (χ2n) is 6.00. The minimum absolute atomic E-state index is 0.319. The molecule has 0 saturated carbocycles. The van der Waals surface area contributed by atoms with Crippen LogP contribution in [0.1, 0.15) is 52.4 Å². The fraction of sp³-hybridized carbons (Fsp3) is 0.632. The topological polar surface area (TPSA) is 44.8 Å². The standard InChI is InChI=1S/C19H30O4/c1-16-11-7-5-8-13-17(2)15-19(21-3,22-4)18(20)23-14-10-6-9-12-16/h6,9,12-13H,5,7-8,10-11,14-15H2,1-4H3/b9-6-,16-12+,17-13+. The van der Waals surface area contributed by atoms with E-state index in [0.29, 0.717) is 19.4 Å². The SMILES string of the molecule is COC1(OC)C/C(C)=C/CCCC/C(C)=C/C=C\CCOC1=O. The summed E-state index contributed by atoms with van der Waals surface area (Å²) >= 11 is 0. The molecular weight excluding hydrogens is 292 g/mol. The highest BCUT2D eigenvalue weighted by atomic mass is 16.7. The van der Waals surface area contributed by atoms with Gasteiger partial charge in [0.15, 0.2) is 0 Å². The fourth-order valence-corrected chi connectivity index (χ4v) is 2.54. The van der Waals surface area contributed by atoms with E-state index in [2.05, 4.69) is 19.1 Å². The Morgan fingerprint density at radius 1 is 1.09 bits per heavy atom. The number of carbonyl (C=O) groups is 1. The molecule has 23 heavy (non-hydrogen) atoms. The summed E-state index contributed by atoms with van der Waals surface area (Å²) in [5.41, 5.74) is 2.45. The number of hydrogen-bond donors (Lipinski definition) is 0. The maximum Gasteiger partial charge on any atom is 0.367 e. The molecule has 0 amide bonds. The number of esters is 1. The molecule has 1 aliphatic rings. The van der Waals surface area contributed by atoms with Crippen LogP contribution in [0.25, 0.3) is 0 Å². The second-order valence-corrected chi connectivity index (χ2v) is 6.00. The van der Waals surface area contributed by atoms with Crippen LogP contribution >= 0.6 is 0 Å². The summed E-state index contributed by atoms with van der Waals surface area (Å²) in [6.07, 6.45) is 13.8. The van der Waals surface area contributed by atoms with Gasteiger partial charge in [-0.3, -0.25) is 0 Å². The van der Waals surface area contributed by atoms with Crippen LogP contribution in [0.15, 0.2) is 35.5 Å². The molecular formula is C19H30O4. The number of carbonyl (C=O) groups excluding carboxylic acids is 1. The number of methoxy groups -OCH3 is 2. The third-order valence-electron chi connectivity index (χ3n) is 4.03. The molecule has 1 aliphatic heterocycles. The van der Waals surface area contributed by atoms with Crippen LogP contribution < -0.4 is 0 Å². The Kier molecular flexibility index (Phi) is 8.89. The lowest BCUT2D eigenvalue weighted by molar-refractivity contribution is -0.229. The summed E-state index contributed by atoms with van der Waals surface area (Å²) in [5, 5.41) is 0. The molecule has 0 aliphatic carbocycles. The molecule has 1 heterocycles. The van der Waals surface area contributed by atoms with Crippen LogP contribution in [0.2, 0.25) is 0 Å². The van der Waals surface area contributed by atoms with E-state index in [-0.39, 0.29) is 0 Å². The van der Waals surface area contributed by atoms with Crippen LogP contribution in [0.5, 0.6) is 0 Å². The largest absolute Gasteiger partial charge is 0.461 e. The summed E-state index contributed by atoms with van der Waals surface area (Å²) in [6.45, 7) is 4.47. The maximum absolute atomic E-state index is 12.4. The van der Waals surface area contributed by atoms with Gasteiger partial charge in [0.1, 0.15) is 0 Å². The third-order valence-corrected chi connectivity index (χ3v) is 4.03. The fourth-order valence-electron chi connectivity index (χ4n) is 2.54. The van der Waals surface area contributed by atoms with Crippen molar-refractivity contribution >= 4 is 5.97 Å². The van der Waals surface area contributed by atoms with Crippen LogP contribution in [0, 0.1) is 0 Å². The highest BCUT2D eigenvalue weighted by molar-refractivity contribution is 5.78. The molecule has 130 valence electrons. The first-order valence-electron chi connectivity index (χ1n) is 8.29. The Balaban J connectivity index is 2.85. The molecule has 0 atom stereocenters. The van der Waals surface area contributed by atoms with E-state index in [9.17, 15) is 4.79 Å². The number of ether oxygens (including phenoxy) is 3. The van der Waals surface area contributed by atoms with Crippen molar-refractivity contribution in [1.82, 2.24) is 0 Å². The maximum atomic E-state index is 12.4. The Morgan fingerprint density at radius 2 is 1.83 bits per heavy atom. The van der Waals surface area contributed by atoms with Crippen molar-refractivity contribution in [3.8, 4) is 0 Å². The first-order valence-corrected chi connectivity index (χ1v) is 8.29. The number of hydrogen-bond acceptors (Lipinski definition) is 4. The summed E-state index contributed by atoms with van der Waals surface area (Å²) in [6, 6.07) is 0. The van der Waals surface area contributed by atoms with E-state index in [1.165, 1.54) is 26.2 Å². The van der Waals surface area contributed by atoms with Crippen molar-refractivity contribution in [2.75, 3.05) is 20.8 Å². The van der Waals surface area contributed by atoms with Crippen LogP contribution in [-0.4, -0.2) is 32.6 Å². The van der Waals surface area contributed by atoms with Gasteiger partial charge in [0.2, 0.25) is 0 Å². The molecule has 0 aromatic rings. The lowest BCUT2D eigenvalue weighted by Gasteiger charge is -2.28. The molecule has 0 N–H and O–H groups in total. The van der Waals surface area contributed by atoms with E-state index < -0.39 is 11.8 Å². The quantitative estimate of drug-likeness (QED) is 0.431. The Morgan fingerprint density at radius 3 is 2.52 bits per heavy atom. The molecule has 0 radical (unpaired) electrons. The van der Waals surface area contributed by atoms with Gasteiger partial charge in [0.05, 0.1) is 6.61 Å². The predicted molar refractivity (Wildman–Crippen MR) is 92.1 cm³/mol. The van der Waals surface area contributed by atoms with Crippen molar-refractivity contribution in [2.24, 2.45) is 0 Å². The van der Waals surface area contributed by atoms with Gasteiger partial charge in [0, 0.05) is 20.6 Å². The highest BCUT2D eigenvalue weighted by Crippen LogP contribution is 2.24. The van der Waals surface area contributed by atoms with Crippen molar-refractivity contribution in [1.29, 1.82) is 0 Å². The number of cyclic esters (lactones) is 1. The lowest BCUT2D eigenvalue weighted by atomic mass is 10.0. The van der Waals surface area contributed by atoms with E-state index in [1.807, 2.05) is 19.1 Å². The zero-order chi connectivity index (χ0) is 17.1. The molecule has 0 spiro atoms. The summed E-state index contributed by atoms with van der Waals surface area (Å²) < 4.78 is 16.1. The normalized spacial score (nSPS) is 27.2. The van der Waals surface area contributed by atoms with E-state index in [1.54, 1.807) is 0 Å². The van der Waals surface area contributed by atoms with Gasteiger partial charge in [-0.15, -0.1) is 0 Å². The van der Waals surface area contributed by atoms with Crippen molar-refractivity contribution in [2.45, 2.75) is 58.2 Å². The summed E-state index contributed by atoms with van der Waals surface area (Å²) in [7, 11) is 2.95. The monoisotopic (exact) mass is 322 g/mol. The Labute approximate surface area is 140 Å². The van der Waals surface area contributed by atoms with Gasteiger partial charge in [-0.05, 0) is 46.0 Å². The van der Waals surface area contributed by atoms with Gasteiger partial charge in [0.25, 0.3) is 5.79 Å². The third kappa shape index (κ3) is 6.71. The predicted octanol–water partition coefficient (Wildman–Crippen LogP) is 4.32. The molecule has 0 saturated heterocycles. The number of rotatable bonds is 2. The summed E-state index contributed by atoms with van der Waals surface area (Å²) in [5.74, 6) is -1.82. The first kappa shape index (κ1) is 19.7. The highest BCUT2D eigenvalue weighted by Gasteiger charge is 2.40. The first-order chi connectivity index (χ1) is 11.0. The van der Waals surface area contributed by atoms with Crippen molar-refractivity contribution < 1.29 is 19.0 Å². The molecule has 0 aromatic carbocycles. The molecule has 1 rings (SSSR count). The Bertz CT molecular complexity index is 456. The number of allylic oxidation sites excluding steroid dienone is 4. The molecule has 0 aromatic heterocycles. The minimum atomic E-state index is -1.35. The zero-order valence-corrected chi connectivity index (χ0v) is 14.9. The van der Waals surface area contributed by atoms with Gasteiger partial charge >= 0.3 is 5.97 Å². The molecule has 0 bridgehead atoms. The van der Waals surface area contributed by atoms with Gasteiger partial charge in [-0.2, -0.15) is 0 Å². The van der Waals surface area contributed by atoms with Crippen LogP contribution in [0.3, 0.4) is 0 Å². The zero-order valence-electron chi connectivity index (χ0n) is 14.9. The van der Waals surface area contributed by atoms with Gasteiger partial charge in [-0.25, -0.2) is 4.79 Å². The van der Waals surface area contributed by atoms with Crippen molar-refractivity contribution in [3.63, 3.8) is 0 Å². The average molecular weight is 322 g/mol. The van der Waals surface area contributed by atoms with Crippen molar-refractivity contribution in [3.05, 3.63) is 35.5 Å². The van der Waals surface area contributed by atoms with E-state index in [0.717, 1.165) is 24.8 Å². The van der Waals surface area contributed by atoms with E-state index in [4.69, 9.17) is 14.2 Å².